The van der Waals surface area contributed by atoms with Gasteiger partial charge in [0, 0.05) is 18.6 Å². The zero-order valence-corrected chi connectivity index (χ0v) is 21.9. The summed E-state index contributed by atoms with van der Waals surface area (Å²) in [6.45, 7) is 2.37. The Hall–Kier alpha value is -1.92. The largest absolute Gasteiger partial charge is 0.416 e. The normalized spacial score (nSPS) is 27.1. The van der Waals surface area contributed by atoms with Crippen LogP contribution >= 0.6 is 12.4 Å². The average Bonchev–Trinajstić information content (AvgIpc) is 2.88. The van der Waals surface area contributed by atoms with Crippen molar-refractivity contribution < 1.29 is 45.3 Å². The number of aliphatic hydroxyl groups is 1. The molecule has 2 saturated heterocycles. The average molecular weight is 586 g/mol. The molecule has 0 aromatic heterocycles. The molecule has 6 atom stereocenters. The second-order valence-corrected chi connectivity index (χ2v) is 10.0. The highest BCUT2D eigenvalue weighted by molar-refractivity contribution is 5.85. The molecule has 2 aliphatic heterocycles. The van der Waals surface area contributed by atoms with E-state index in [1.54, 1.807) is 12.1 Å². The summed E-state index contributed by atoms with van der Waals surface area (Å²) < 4.78 is 106. The van der Waals surface area contributed by atoms with Gasteiger partial charge in [-0.2, -0.15) is 26.3 Å². The van der Waals surface area contributed by atoms with E-state index in [-0.39, 0.29) is 55.1 Å². The Balaban J connectivity index is 0.00000420. The van der Waals surface area contributed by atoms with Gasteiger partial charge < -0.3 is 19.9 Å². The number of benzene rings is 2. The molecule has 2 aliphatic rings. The molecular weight excluding hydrogens is 555 g/mol. The van der Waals surface area contributed by atoms with Crippen molar-refractivity contribution in [1.29, 1.82) is 0 Å². The molecule has 2 aromatic rings. The first-order valence-electron chi connectivity index (χ1n) is 12.5. The van der Waals surface area contributed by atoms with Crippen LogP contribution < -0.4 is 5.32 Å². The van der Waals surface area contributed by atoms with Crippen LogP contribution in [-0.4, -0.2) is 37.2 Å². The van der Waals surface area contributed by atoms with Crippen LogP contribution in [-0.2, 0) is 21.8 Å². The molecule has 4 rings (SSSR count). The number of ether oxygens (including phenoxy) is 2. The van der Waals surface area contributed by atoms with E-state index in [0.29, 0.717) is 37.1 Å². The highest BCUT2D eigenvalue weighted by Gasteiger charge is 2.43. The summed E-state index contributed by atoms with van der Waals surface area (Å²) >= 11 is 0. The first kappa shape index (κ1) is 31.6. The molecule has 0 radical (unpaired) electrons. The van der Waals surface area contributed by atoms with Crippen LogP contribution in [0.15, 0.2) is 42.5 Å². The van der Waals surface area contributed by atoms with Crippen molar-refractivity contribution in [3.8, 4) is 0 Å². The van der Waals surface area contributed by atoms with Gasteiger partial charge in [0.1, 0.15) is 5.82 Å². The Morgan fingerprint density at radius 1 is 1.00 bits per heavy atom. The van der Waals surface area contributed by atoms with Crippen LogP contribution in [0.1, 0.15) is 60.5 Å². The molecule has 4 nitrogen and oxygen atoms in total. The standard InChI is InChI=1S/C27H30F7NO3.ClH/c1-15(18-11-19(26(29,30)31)13-20(12-18)27(32,33)34)38-25-24(17-2-4-21(28)5-3-17)22(7-9-37-25)23-10-16(14-36)6-8-35-23;/h2-5,11-13,15-16,22-25,35-36H,6-10,14H2,1H3;1H. The lowest BCUT2D eigenvalue weighted by Crippen LogP contribution is -2.50. The molecule has 2 N–H and O–H groups in total. The van der Waals surface area contributed by atoms with Gasteiger partial charge in [0.05, 0.1) is 23.8 Å². The molecule has 0 saturated carbocycles. The minimum atomic E-state index is -4.98. The Labute approximate surface area is 228 Å². The van der Waals surface area contributed by atoms with Crippen LogP contribution in [0.4, 0.5) is 30.7 Å². The highest BCUT2D eigenvalue weighted by atomic mass is 35.5. The Morgan fingerprint density at radius 3 is 2.18 bits per heavy atom. The first-order valence-corrected chi connectivity index (χ1v) is 12.5. The fourth-order valence-electron chi connectivity index (χ4n) is 5.49. The van der Waals surface area contributed by atoms with Gasteiger partial charge in [0.25, 0.3) is 0 Å². The summed E-state index contributed by atoms with van der Waals surface area (Å²) in [5, 5.41) is 13.2. The molecule has 218 valence electrons. The molecule has 6 unspecified atom stereocenters. The maximum atomic E-state index is 13.7. The van der Waals surface area contributed by atoms with Gasteiger partial charge >= 0.3 is 12.4 Å². The van der Waals surface area contributed by atoms with Gasteiger partial charge in [-0.25, -0.2) is 4.39 Å². The third-order valence-corrected chi connectivity index (χ3v) is 7.48. The predicted molar refractivity (Wildman–Crippen MR) is 132 cm³/mol. The van der Waals surface area contributed by atoms with Gasteiger partial charge in [0.2, 0.25) is 0 Å². The second-order valence-electron chi connectivity index (χ2n) is 10.0. The van der Waals surface area contributed by atoms with E-state index in [0.717, 1.165) is 6.42 Å². The lowest BCUT2D eigenvalue weighted by Gasteiger charge is -2.45. The maximum absolute atomic E-state index is 13.7. The summed E-state index contributed by atoms with van der Waals surface area (Å²) in [6, 6.07) is 7.10. The molecule has 2 heterocycles. The van der Waals surface area contributed by atoms with E-state index in [2.05, 4.69) is 5.32 Å². The number of aliphatic hydroxyl groups excluding tert-OH is 1. The van der Waals surface area contributed by atoms with Crippen LogP contribution in [0.5, 0.6) is 0 Å². The number of hydrogen-bond acceptors (Lipinski definition) is 4. The first-order chi connectivity index (χ1) is 17.9. The molecule has 39 heavy (non-hydrogen) atoms. The van der Waals surface area contributed by atoms with Gasteiger partial charge in [-0.1, -0.05) is 12.1 Å². The van der Waals surface area contributed by atoms with E-state index >= 15 is 0 Å². The van der Waals surface area contributed by atoms with Crippen LogP contribution in [0.2, 0.25) is 0 Å². The number of alkyl halides is 6. The summed E-state index contributed by atoms with van der Waals surface area (Å²) in [5.41, 5.74) is -2.44. The fraction of sp³-hybridized carbons (Fsp3) is 0.556. The van der Waals surface area contributed by atoms with Crippen molar-refractivity contribution in [2.75, 3.05) is 19.8 Å². The molecular formula is C27H31ClF7NO3. The third kappa shape index (κ3) is 7.64. The van der Waals surface area contributed by atoms with Gasteiger partial charge in [0.15, 0.2) is 6.29 Å². The van der Waals surface area contributed by atoms with Crippen LogP contribution in [0.25, 0.3) is 0 Å². The van der Waals surface area contributed by atoms with E-state index in [1.165, 1.54) is 19.1 Å². The van der Waals surface area contributed by atoms with Crippen molar-refractivity contribution in [2.24, 2.45) is 11.8 Å². The minimum Gasteiger partial charge on any atom is -0.396 e. The minimum absolute atomic E-state index is 0. The van der Waals surface area contributed by atoms with Crippen molar-refractivity contribution in [3.05, 3.63) is 70.5 Å². The lowest BCUT2D eigenvalue weighted by molar-refractivity contribution is -0.212. The number of halogens is 8. The number of rotatable bonds is 6. The van der Waals surface area contributed by atoms with Gasteiger partial charge in [-0.3, -0.25) is 0 Å². The maximum Gasteiger partial charge on any atom is 0.416 e. The zero-order chi connectivity index (χ0) is 27.7. The number of nitrogens with one attached hydrogen (secondary N) is 1. The van der Waals surface area contributed by atoms with Crippen LogP contribution in [0.3, 0.4) is 0 Å². The fourth-order valence-corrected chi connectivity index (χ4v) is 5.49. The van der Waals surface area contributed by atoms with Crippen molar-refractivity contribution in [2.45, 2.75) is 62.9 Å². The molecule has 0 spiro atoms. The van der Waals surface area contributed by atoms with E-state index in [9.17, 15) is 35.8 Å². The Kier molecular flexibility index (Phi) is 10.3. The lowest BCUT2D eigenvalue weighted by atomic mass is 9.73. The molecule has 2 aromatic carbocycles. The van der Waals surface area contributed by atoms with Gasteiger partial charge in [-0.05, 0) is 86.0 Å². The second kappa shape index (κ2) is 12.7. The smallest absolute Gasteiger partial charge is 0.396 e. The monoisotopic (exact) mass is 585 g/mol. The topological polar surface area (TPSA) is 50.7 Å². The molecule has 0 amide bonds. The number of hydrogen-bond donors (Lipinski definition) is 2. The molecule has 0 aliphatic carbocycles. The van der Waals surface area contributed by atoms with Gasteiger partial charge in [-0.15, -0.1) is 12.4 Å². The quantitative estimate of drug-likeness (QED) is 0.363. The van der Waals surface area contributed by atoms with Crippen LogP contribution in [0, 0.1) is 17.7 Å². The summed E-state index contributed by atoms with van der Waals surface area (Å²) in [6.07, 6.45) is -10.0. The number of piperidine rings is 1. The van der Waals surface area contributed by atoms with Crippen molar-refractivity contribution in [3.63, 3.8) is 0 Å². The van der Waals surface area contributed by atoms with E-state index in [4.69, 9.17) is 9.47 Å². The third-order valence-electron chi connectivity index (χ3n) is 7.48. The summed E-state index contributed by atoms with van der Waals surface area (Å²) in [7, 11) is 0. The van der Waals surface area contributed by atoms with E-state index in [1.807, 2.05) is 0 Å². The summed E-state index contributed by atoms with van der Waals surface area (Å²) in [5.74, 6) is -0.919. The summed E-state index contributed by atoms with van der Waals surface area (Å²) in [4.78, 5) is 0. The molecule has 2 fully saturated rings. The zero-order valence-electron chi connectivity index (χ0n) is 21.1. The molecule has 12 heteroatoms. The molecule has 0 bridgehead atoms. The Bertz CT molecular complexity index is 1050. The SMILES string of the molecule is CC(OC1OCCC(C2CC(CO)CCN2)C1c1ccc(F)cc1)c1cc(C(F)(F)F)cc(C(F)(F)F)c1.Cl. The van der Waals surface area contributed by atoms with Crippen molar-refractivity contribution in [1.82, 2.24) is 5.32 Å². The van der Waals surface area contributed by atoms with E-state index < -0.39 is 47.6 Å². The van der Waals surface area contributed by atoms with Crippen molar-refractivity contribution >= 4 is 12.4 Å². The predicted octanol–water partition coefficient (Wildman–Crippen LogP) is 6.87. The Morgan fingerprint density at radius 2 is 1.62 bits per heavy atom. The highest BCUT2D eigenvalue weighted by Crippen LogP contribution is 2.43.